The summed E-state index contributed by atoms with van der Waals surface area (Å²) in [6.07, 6.45) is 3.35. The van der Waals surface area contributed by atoms with Crippen LogP contribution >= 0.6 is 0 Å². The summed E-state index contributed by atoms with van der Waals surface area (Å²) in [5.74, 6) is 0.842. The van der Waals surface area contributed by atoms with Crippen LogP contribution in [0.3, 0.4) is 0 Å². The number of carbonyl (C=O) groups is 1. The van der Waals surface area contributed by atoms with Gasteiger partial charge in [-0.3, -0.25) is 14.8 Å². The van der Waals surface area contributed by atoms with Gasteiger partial charge >= 0.3 is 0 Å². The minimum atomic E-state index is 0.805. The van der Waals surface area contributed by atoms with Crippen molar-refractivity contribution in [3.05, 3.63) is 48.0 Å². The number of nitrogens with one attached hydrogen (secondary N) is 1. The lowest BCUT2D eigenvalue weighted by atomic mass is 9.99. The maximum atomic E-state index is 11.1. The van der Waals surface area contributed by atoms with E-state index in [2.05, 4.69) is 59.6 Å². The topological polar surface area (TPSA) is 38.8 Å². The Labute approximate surface area is 162 Å². The molecule has 1 aliphatic heterocycles. The zero-order valence-electron chi connectivity index (χ0n) is 16.8. The third-order valence-corrected chi connectivity index (χ3v) is 5.49. The van der Waals surface area contributed by atoms with Crippen molar-refractivity contribution in [2.75, 3.05) is 42.4 Å². The van der Waals surface area contributed by atoms with E-state index >= 15 is 0 Å². The standard InChI is InChI=1S/C22H30N4O/c1-17-11-13-26(14-12-17)21-9-7-19(8-10-21)23-20-6-5-18(2)22(15-20)25(4)24(3)16-27/h5-10,15-17,23H,11-14H2,1-4H3. The lowest BCUT2D eigenvalue weighted by Crippen LogP contribution is -2.35. The van der Waals surface area contributed by atoms with Crippen LogP contribution in [0.2, 0.25) is 0 Å². The molecule has 1 aliphatic rings. The summed E-state index contributed by atoms with van der Waals surface area (Å²) in [7, 11) is 3.63. The Balaban J connectivity index is 1.71. The monoisotopic (exact) mass is 366 g/mol. The van der Waals surface area contributed by atoms with E-state index in [1.165, 1.54) is 23.5 Å². The number of hydrogen-bond acceptors (Lipinski definition) is 4. The van der Waals surface area contributed by atoms with Crippen molar-refractivity contribution in [2.45, 2.75) is 26.7 Å². The highest BCUT2D eigenvalue weighted by atomic mass is 16.1. The molecule has 1 saturated heterocycles. The van der Waals surface area contributed by atoms with Gasteiger partial charge in [0.15, 0.2) is 0 Å². The van der Waals surface area contributed by atoms with Crippen LogP contribution in [0.1, 0.15) is 25.3 Å². The molecule has 2 aromatic carbocycles. The average Bonchev–Trinajstić information content (AvgIpc) is 2.69. The molecule has 5 nitrogen and oxygen atoms in total. The van der Waals surface area contributed by atoms with Crippen molar-refractivity contribution in [2.24, 2.45) is 5.92 Å². The molecule has 0 spiro atoms. The van der Waals surface area contributed by atoms with E-state index in [0.29, 0.717) is 0 Å². The molecule has 0 bridgehead atoms. The molecule has 0 atom stereocenters. The summed E-state index contributed by atoms with van der Waals surface area (Å²) in [6.45, 7) is 6.67. The maximum Gasteiger partial charge on any atom is 0.228 e. The van der Waals surface area contributed by atoms with Crippen molar-refractivity contribution in [1.29, 1.82) is 0 Å². The van der Waals surface area contributed by atoms with Crippen LogP contribution in [-0.2, 0) is 4.79 Å². The van der Waals surface area contributed by atoms with E-state index < -0.39 is 0 Å². The molecule has 1 fully saturated rings. The van der Waals surface area contributed by atoms with Crippen molar-refractivity contribution < 1.29 is 4.79 Å². The first-order valence-electron chi connectivity index (χ1n) is 9.62. The molecule has 2 aromatic rings. The van der Waals surface area contributed by atoms with E-state index in [-0.39, 0.29) is 0 Å². The van der Waals surface area contributed by atoms with Crippen LogP contribution < -0.4 is 15.2 Å². The Bertz CT molecular complexity index is 766. The summed E-state index contributed by atoms with van der Waals surface area (Å²) in [4.78, 5) is 13.5. The average molecular weight is 367 g/mol. The van der Waals surface area contributed by atoms with Crippen LogP contribution in [-0.4, -0.2) is 38.6 Å². The number of anilines is 4. The molecule has 1 heterocycles. The highest BCUT2D eigenvalue weighted by Gasteiger charge is 2.16. The fraction of sp³-hybridized carbons (Fsp3) is 0.409. The third-order valence-electron chi connectivity index (χ3n) is 5.49. The van der Waals surface area contributed by atoms with E-state index in [1.807, 2.05) is 19.0 Å². The lowest BCUT2D eigenvalue weighted by molar-refractivity contribution is -0.117. The maximum absolute atomic E-state index is 11.1. The SMILES string of the molecule is Cc1ccc(Nc2ccc(N3CCC(C)CC3)cc2)cc1N(C)N(C)C=O. The highest BCUT2D eigenvalue weighted by molar-refractivity contribution is 5.69. The predicted molar refractivity (Wildman–Crippen MR) is 114 cm³/mol. The van der Waals surface area contributed by atoms with Gasteiger partial charge in [-0.1, -0.05) is 13.0 Å². The number of benzene rings is 2. The number of nitrogens with zero attached hydrogens (tertiary/aromatic N) is 3. The van der Waals surface area contributed by atoms with E-state index in [0.717, 1.165) is 48.0 Å². The quantitative estimate of drug-likeness (QED) is 0.607. The number of carbonyl (C=O) groups excluding carboxylic acids is 1. The molecule has 144 valence electrons. The van der Waals surface area contributed by atoms with Crippen LogP contribution in [0.4, 0.5) is 22.7 Å². The fourth-order valence-electron chi connectivity index (χ4n) is 3.47. The number of hydrogen-bond donors (Lipinski definition) is 1. The van der Waals surface area contributed by atoms with Gasteiger partial charge in [-0.25, -0.2) is 0 Å². The molecule has 0 saturated carbocycles. The third kappa shape index (κ3) is 4.54. The number of rotatable bonds is 6. The number of aryl methyl sites for hydroxylation is 1. The van der Waals surface area contributed by atoms with Gasteiger partial charge in [-0.2, -0.15) is 0 Å². The Hall–Kier alpha value is -2.69. The predicted octanol–water partition coefficient (Wildman–Crippen LogP) is 4.41. The van der Waals surface area contributed by atoms with Crippen molar-refractivity contribution in [3.63, 3.8) is 0 Å². The summed E-state index contributed by atoms with van der Waals surface area (Å²) >= 11 is 0. The van der Waals surface area contributed by atoms with E-state index in [1.54, 1.807) is 7.05 Å². The first-order chi connectivity index (χ1) is 13.0. The number of amides is 1. The second kappa shape index (κ2) is 8.33. The summed E-state index contributed by atoms with van der Waals surface area (Å²) in [5.41, 5.74) is 5.47. The zero-order chi connectivity index (χ0) is 19.4. The Morgan fingerprint density at radius 2 is 1.67 bits per heavy atom. The molecular weight excluding hydrogens is 336 g/mol. The first-order valence-corrected chi connectivity index (χ1v) is 9.62. The van der Waals surface area contributed by atoms with Crippen LogP contribution in [0.5, 0.6) is 0 Å². The molecule has 3 rings (SSSR count). The second-order valence-corrected chi connectivity index (χ2v) is 7.55. The molecular formula is C22H30N4O. The normalized spacial score (nSPS) is 14.7. The van der Waals surface area contributed by atoms with Gasteiger partial charge in [0.1, 0.15) is 0 Å². The molecule has 1 N–H and O–H groups in total. The molecule has 0 aliphatic carbocycles. The largest absolute Gasteiger partial charge is 0.372 e. The highest BCUT2D eigenvalue weighted by Crippen LogP contribution is 2.28. The van der Waals surface area contributed by atoms with Gasteiger partial charge in [0.25, 0.3) is 0 Å². The fourth-order valence-corrected chi connectivity index (χ4v) is 3.47. The molecule has 0 aromatic heterocycles. The minimum absolute atomic E-state index is 0.805. The number of piperidine rings is 1. The van der Waals surface area contributed by atoms with Crippen molar-refractivity contribution >= 4 is 29.2 Å². The van der Waals surface area contributed by atoms with Gasteiger partial charge in [-0.05, 0) is 67.6 Å². The summed E-state index contributed by atoms with van der Waals surface area (Å²) in [5, 5.41) is 6.84. The summed E-state index contributed by atoms with van der Waals surface area (Å²) in [6, 6.07) is 14.8. The van der Waals surface area contributed by atoms with Gasteiger partial charge in [0, 0.05) is 44.2 Å². The second-order valence-electron chi connectivity index (χ2n) is 7.55. The Kier molecular flexibility index (Phi) is 5.89. The van der Waals surface area contributed by atoms with Gasteiger partial charge in [0.2, 0.25) is 6.41 Å². The number of hydrazine groups is 1. The van der Waals surface area contributed by atoms with Crippen molar-refractivity contribution in [3.8, 4) is 0 Å². The Morgan fingerprint density at radius 3 is 2.30 bits per heavy atom. The van der Waals surface area contributed by atoms with Gasteiger partial charge < -0.3 is 10.2 Å². The smallest absolute Gasteiger partial charge is 0.228 e. The van der Waals surface area contributed by atoms with Crippen LogP contribution in [0, 0.1) is 12.8 Å². The van der Waals surface area contributed by atoms with Crippen LogP contribution in [0.25, 0.3) is 0 Å². The van der Waals surface area contributed by atoms with Gasteiger partial charge in [0.05, 0.1) is 5.69 Å². The zero-order valence-corrected chi connectivity index (χ0v) is 16.8. The molecule has 5 heteroatoms. The van der Waals surface area contributed by atoms with E-state index in [4.69, 9.17) is 0 Å². The molecule has 27 heavy (non-hydrogen) atoms. The van der Waals surface area contributed by atoms with E-state index in [9.17, 15) is 4.79 Å². The first kappa shape index (κ1) is 19.1. The summed E-state index contributed by atoms with van der Waals surface area (Å²) < 4.78 is 0. The molecule has 0 radical (unpaired) electrons. The molecule has 0 unspecified atom stereocenters. The lowest BCUT2D eigenvalue weighted by Gasteiger charge is -2.32. The van der Waals surface area contributed by atoms with Crippen molar-refractivity contribution in [1.82, 2.24) is 5.01 Å². The molecule has 1 amide bonds. The van der Waals surface area contributed by atoms with Crippen LogP contribution in [0.15, 0.2) is 42.5 Å². The minimum Gasteiger partial charge on any atom is -0.372 e. The van der Waals surface area contributed by atoms with Gasteiger partial charge in [-0.15, -0.1) is 0 Å². The Morgan fingerprint density at radius 1 is 1.04 bits per heavy atom.